The molecule has 2 heterocycles. The molecule has 0 aromatic heterocycles. The second-order valence-corrected chi connectivity index (χ2v) is 16.4. The fourth-order valence-corrected chi connectivity index (χ4v) is 6.77. The van der Waals surface area contributed by atoms with E-state index in [-0.39, 0.29) is 53.3 Å². The van der Waals surface area contributed by atoms with Crippen LogP contribution in [0, 0.1) is 27.9 Å². The fourth-order valence-electron chi connectivity index (χ4n) is 6.77. The Morgan fingerprint density at radius 1 is 0.982 bits per heavy atom. The number of carbonyl (C=O) groups is 3. The number of rotatable bonds is 13. The van der Waals surface area contributed by atoms with Crippen molar-refractivity contribution in [1.82, 2.24) is 9.80 Å². The van der Waals surface area contributed by atoms with Crippen LogP contribution < -0.4 is 4.74 Å². The molecule has 0 unspecified atom stereocenters. The number of likely N-dealkylation sites (N-methyl/N-ethyl adjacent to an activating group) is 2. The highest BCUT2D eigenvalue weighted by Gasteiger charge is 2.59. The number of quaternary nitrogens is 1. The van der Waals surface area contributed by atoms with Crippen LogP contribution in [0.3, 0.4) is 0 Å². The van der Waals surface area contributed by atoms with Crippen LogP contribution in [-0.2, 0) is 30.9 Å². The molecule has 2 aliphatic rings. The second-order valence-electron chi connectivity index (χ2n) is 15.0. The molecular formula is C38H45F3N4O10S. The summed E-state index contributed by atoms with van der Waals surface area (Å²) >= 11 is 0. The van der Waals surface area contributed by atoms with Crippen LogP contribution in [0.2, 0.25) is 0 Å². The molecule has 0 saturated carbocycles. The first-order valence-electron chi connectivity index (χ1n) is 17.6. The van der Waals surface area contributed by atoms with Crippen molar-refractivity contribution in [2.75, 3.05) is 54.4 Å². The van der Waals surface area contributed by atoms with E-state index in [1.807, 2.05) is 45.0 Å². The van der Waals surface area contributed by atoms with E-state index in [0.29, 0.717) is 11.3 Å². The summed E-state index contributed by atoms with van der Waals surface area (Å²) in [5.74, 6) is -1.86. The lowest BCUT2D eigenvalue weighted by Gasteiger charge is -2.47. The molecule has 18 heteroatoms. The summed E-state index contributed by atoms with van der Waals surface area (Å²) in [5.41, 5.74) is -4.01. The summed E-state index contributed by atoms with van der Waals surface area (Å²) in [6.07, 6.45) is 0.900. The van der Waals surface area contributed by atoms with Gasteiger partial charge in [0.2, 0.25) is 5.91 Å². The van der Waals surface area contributed by atoms with Crippen molar-refractivity contribution in [2.24, 2.45) is 17.8 Å². The Morgan fingerprint density at radius 2 is 1.57 bits per heavy atom. The van der Waals surface area contributed by atoms with Crippen molar-refractivity contribution >= 4 is 44.4 Å². The number of amides is 1. The molecule has 0 aliphatic carbocycles. The number of nitrogens with zero attached hydrogens (tertiary/aromatic N) is 4. The first kappa shape index (κ1) is 43.8. The number of carbonyl (C=O) groups excluding carboxylic acids is 3. The number of halogens is 3. The summed E-state index contributed by atoms with van der Waals surface area (Å²) in [7, 11) is 2.58. The van der Waals surface area contributed by atoms with Gasteiger partial charge in [-0.25, -0.2) is 18.0 Å². The average molecular weight is 807 g/mol. The van der Waals surface area contributed by atoms with Gasteiger partial charge in [0, 0.05) is 42.0 Å². The van der Waals surface area contributed by atoms with Gasteiger partial charge in [0.15, 0.2) is 10.1 Å². The van der Waals surface area contributed by atoms with Gasteiger partial charge < -0.3 is 28.3 Å². The second kappa shape index (κ2) is 17.1. The van der Waals surface area contributed by atoms with Crippen molar-refractivity contribution in [3.05, 3.63) is 93.2 Å². The maximum Gasteiger partial charge on any atom is 0.485 e. The Labute approximate surface area is 322 Å². The molecule has 1 fully saturated rings. The molecule has 3 aromatic rings. The molecule has 14 nitrogen and oxygen atoms in total. The number of nitro benzene ring substituents is 1. The van der Waals surface area contributed by atoms with Crippen molar-refractivity contribution < 1.29 is 59.4 Å². The predicted octanol–water partition coefficient (Wildman–Crippen LogP) is 5.13. The van der Waals surface area contributed by atoms with Crippen molar-refractivity contribution in [2.45, 2.75) is 38.7 Å². The lowest BCUT2D eigenvalue weighted by Crippen LogP contribution is -2.62. The van der Waals surface area contributed by atoms with Gasteiger partial charge in [-0.2, -0.15) is 13.2 Å². The zero-order chi connectivity index (χ0) is 41.9. The van der Waals surface area contributed by atoms with E-state index in [1.165, 1.54) is 34.7 Å². The molecule has 2 aliphatic heterocycles. The summed E-state index contributed by atoms with van der Waals surface area (Å²) in [4.78, 5) is 53.9. The monoisotopic (exact) mass is 806 g/mol. The number of fused-ring (bicyclic) bond motifs is 2. The minimum Gasteiger partial charge on any atom is -0.741 e. The Kier molecular flexibility index (Phi) is 13.4. The molecule has 3 atom stereocenters. The number of benzene rings is 3. The molecule has 304 valence electrons. The van der Waals surface area contributed by atoms with Gasteiger partial charge in [-0.3, -0.25) is 14.9 Å². The van der Waals surface area contributed by atoms with E-state index in [0.717, 1.165) is 41.3 Å². The van der Waals surface area contributed by atoms with Crippen molar-refractivity contribution in [3.63, 3.8) is 0 Å². The van der Waals surface area contributed by atoms with Crippen LogP contribution in [0.1, 0.15) is 36.7 Å². The largest absolute Gasteiger partial charge is 0.741 e. The molecule has 1 saturated heterocycles. The van der Waals surface area contributed by atoms with Crippen LogP contribution in [0.4, 0.5) is 18.9 Å². The molecule has 3 aromatic carbocycles. The van der Waals surface area contributed by atoms with E-state index in [2.05, 4.69) is 45.2 Å². The van der Waals surface area contributed by atoms with Gasteiger partial charge in [0.25, 0.3) is 5.69 Å². The molecule has 0 bridgehead atoms. The highest BCUT2D eigenvalue weighted by Crippen LogP contribution is 2.49. The van der Waals surface area contributed by atoms with Crippen LogP contribution in [-0.4, -0.2) is 116 Å². The van der Waals surface area contributed by atoms with Crippen LogP contribution in [0.25, 0.3) is 10.8 Å². The van der Waals surface area contributed by atoms with E-state index < -0.39 is 32.5 Å². The molecular weight excluding hydrogens is 761 g/mol. The van der Waals surface area contributed by atoms with Gasteiger partial charge in [-0.1, -0.05) is 51.1 Å². The number of hydrogen-bond donors (Lipinski definition) is 0. The molecule has 56 heavy (non-hydrogen) atoms. The molecule has 5 rings (SSSR count). The zero-order valence-corrected chi connectivity index (χ0v) is 32.8. The van der Waals surface area contributed by atoms with Crippen LogP contribution in [0.5, 0.6) is 5.75 Å². The van der Waals surface area contributed by atoms with Gasteiger partial charge in [0.1, 0.15) is 18.1 Å². The standard InChI is InChI=1S/C37H45N4O7.CHF3O3S/c1-23(2)32-33-24(3)30(34(39(33)35(32)42)37(44)48-36(43)26-14-16-27(17-15-26)40(45)46)22-47-31-13-9-11-28-25(10-8-12-29(28)31)18-20-41(6,7)21-19-38(4)5;2-1(3,4)8(5,6)7/h8-17,23-24,32-33H,18-22H2,1-7H3;(H,5,6,7)/q+1;/p-1/t24-,32+,33+;/m0./s1. The molecule has 1 amide bonds. The Bertz CT molecular complexity index is 2120. The number of nitro groups is 1. The van der Waals surface area contributed by atoms with Gasteiger partial charge in [-0.15, -0.1) is 0 Å². The zero-order valence-electron chi connectivity index (χ0n) is 32.0. The van der Waals surface area contributed by atoms with E-state index >= 15 is 0 Å². The number of alkyl halides is 3. The maximum absolute atomic E-state index is 13.6. The van der Waals surface area contributed by atoms with Gasteiger partial charge in [-0.05, 0) is 49.2 Å². The number of non-ortho nitro benzene ring substituents is 1. The fraction of sp³-hybridized carbons (Fsp3) is 0.447. The number of esters is 2. The third kappa shape index (κ3) is 9.90. The Hall–Kier alpha value is -4.91. The third-order valence-electron chi connectivity index (χ3n) is 9.98. The SMILES string of the molecule is CC(C)[C@H]1C(=O)N2C(C(=O)OC(=O)c3ccc([N+](=O)[O-])cc3)=C(COc3cccc4c(CC[N+](C)(C)CCN(C)C)cccc34)[C@H](C)[C@H]12.O=S(=O)([O-])C(F)(F)F. The highest BCUT2D eigenvalue weighted by atomic mass is 32.2. The maximum atomic E-state index is 13.6. The molecule has 0 radical (unpaired) electrons. The van der Waals surface area contributed by atoms with E-state index in [4.69, 9.17) is 22.4 Å². The van der Waals surface area contributed by atoms with Crippen LogP contribution >= 0.6 is 0 Å². The average Bonchev–Trinajstić information content (AvgIpc) is 3.35. The normalized spacial score (nSPS) is 18.4. The smallest absolute Gasteiger partial charge is 0.485 e. The summed E-state index contributed by atoms with van der Waals surface area (Å²) in [6.45, 7) is 8.99. The lowest BCUT2D eigenvalue weighted by atomic mass is 9.74. The van der Waals surface area contributed by atoms with Gasteiger partial charge in [0.05, 0.1) is 49.6 Å². The first-order chi connectivity index (χ1) is 25.9. The summed E-state index contributed by atoms with van der Waals surface area (Å²) in [5, 5.41) is 13.1. The Balaban J connectivity index is 0.000000784. The summed E-state index contributed by atoms with van der Waals surface area (Å²) in [6, 6.07) is 16.7. The number of β-lactam (4-membered cyclic amide) rings is 1. The number of ether oxygens (including phenoxy) is 2. The highest BCUT2D eigenvalue weighted by molar-refractivity contribution is 7.86. The number of hydrogen-bond acceptors (Lipinski definition) is 11. The minimum atomic E-state index is -6.09. The summed E-state index contributed by atoms with van der Waals surface area (Å²) < 4.78 is 71.5. The van der Waals surface area contributed by atoms with Crippen LogP contribution in [0.15, 0.2) is 71.9 Å². The van der Waals surface area contributed by atoms with Crippen molar-refractivity contribution in [3.8, 4) is 5.75 Å². The lowest BCUT2D eigenvalue weighted by molar-refractivity contribution is -0.889. The molecule has 0 spiro atoms. The van der Waals surface area contributed by atoms with E-state index in [1.54, 1.807) is 0 Å². The van der Waals surface area contributed by atoms with E-state index in [9.17, 15) is 37.7 Å². The first-order valence-corrected chi connectivity index (χ1v) is 19.1. The van der Waals surface area contributed by atoms with Gasteiger partial charge >= 0.3 is 17.4 Å². The molecule has 0 N–H and O–H groups in total. The quantitative estimate of drug-likeness (QED) is 0.0327. The minimum absolute atomic E-state index is 0.0172. The predicted molar refractivity (Wildman–Crippen MR) is 198 cm³/mol. The topological polar surface area (TPSA) is 176 Å². The Morgan fingerprint density at radius 3 is 2.12 bits per heavy atom. The van der Waals surface area contributed by atoms with Crippen molar-refractivity contribution in [1.29, 1.82) is 0 Å². The third-order valence-corrected chi connectivity index (χ3v) is 10.6.